The van der Waals surface area contributed by atoms with Gasteiger partial charge in [0.05, 0.1) is 5.56 Å². The Bertz CT molecular complexity index is 433. The summed E-state index contributed by atoms with van der Waals surface area (Å²) >= 11 is 1.80. The van der Waals surface area contributed by atoms with Crippen LogP contribution in [-0.2, 0) is 6.54 Å². The van der Waals surface area contributed by atoms with Crippen LogP contribution in [0, 0.1) is 11.3 Å². The van der Waals surface area contributed by atoms with Gasteiger partial charge in [0, 0.05) is 17.5 Å². The first kappa shape index (κ1) is 13.5. The zero-order valence-electron chi connectivity index (χ0n) is 10.9. The van der Waals surface area contributed by atoms with Crippen LogP contribution in [0.15, 0.2) is 23.1 Å². The van der Waals surface area contributed by atoms with Crippen molar-refractivity contribution in [3.63, 3.8) is 0 Å². The predicted molar refractivity (Wildman–Crippen MR) is 76.7 cm³/mol. The number of hydrogen-bond acceptors (Lipinski definition) is 3. The zero-order chi connectivity index (χ0) is 12.8. The number of nitrogens with zero attached hydrogens (tertiary/aromatic N) is 1. The first-order chi connectivity index (χ1) is 8.83. The van der Waals surface area contributed by atoms with Crippen LogP contribution in [0.25, 0.3) is 0 Å². The van der Waals surface area contributed by atoms with E-state index in [1.54, 1.807) is 11.8 Å². The van der Waals surface area contributed by atoms with E-state index in [2.05, 4.69) is 30.4 Å². The second kappa shape index (κ2) is 6.82. The van der Waals surface area contributed by atoms with Crippen molar-refractivity contribution >= 4 is 11.8 Å². The molecule has 0 saturated heterocycles. The highest BCUT2D eigenvalue weighted by Gasteiger charge is 2.20. The van der Waals surface area contributed by atoms with Gasteiger partial charge < -0.3 is 5.32 Å². The van der Waals surface area contributed by atoms with Crippen LogP contribution in [0.3, 0.4) is 0 Å². The van der Waals surface area contributed by atoms with E-state index >= 15 is 0 Å². The Balaban J connectivity index is 1.95. The molecule has 2 nitrogen and oxygen atoms in total. The molecule has 0 amide bonds. The second-order valence-corrected chi connectivity index (χ2v) is 5.94. The quantitative estimate of drug-likeness (QED) is 0.600. The maximum Gasteiger partial charge on any atom is 0.100 e. The molecule has 0 bridgehead atoms. The van der Waals surface area contributed by atoms with Crippen molar-refractivity contribution in [2.24, 2.45) is 0 Å². The van der Waals surface area contributed by atoms with Crippen LogP contribution in [0.2, 0.25) is 0 Å². The summed E-state index contributed by atoms with van der Waals surface area (Å²) in [6, 6.07) is 9.31. The summed E-state index contributed by atoms with van der Waals surface area (Å²) in [6.45, 7) is 3.08. The Kier molecular flexibility index (Phi) is 5.10. The highest BCUT2D eigenvalue weighted by Crippen LogP contribution is 2.25. The Hall–Kier alpha value is -0.980. The van der Waals surface area contributed by atoms with Gasteiger partial charge in [-0.05, 0) is 42.7 Å². The van der Waals surface area contributed by atoms with Gasteiger partial charge in [0.25, 0.3) is 0 Å². The van der Waals surface area contributed by atoms with Crippen LogP contribution in [0.1, 0.15) is 43.7 Å². The van der Waals surface area contributed by atoms with Crippen molar-refractivity contribution in [3.8, 4) is 6.07 Å². The molecule has 0 unspecified atom stereocenters. The fraction of sp³-hybridized carbons (Fsp3) is 0.533. The summed E-state index contributed by atoms with van der Waals surface area (Å²) in [4.78, 5) is 1.13. The SMILES string of the molecule is CCCCSc1ccc(CNC2CC2)cc1C#N. The fourth-order valence-electron chi connectivity index (χ4n) is 1.78. The van der Waals surface area contributed by atoms with Crippen molar-refractivity contribution in [3.05, 3.63) is 29.3 Å². The molecule has 96 valence electrons. The molecule has 3 heteroatoms. The molecule has 1 saturated carbocycles. The third-order valence-corrected chi connectivity index (χ3v) is 4.25. The van der Waals surface area contributed by atoms with Crippen LogP contribution >= 0.6 is 11.8 Å². The van der Waals surface area contributed by atoms with Crippen molar-refractivity contribution < 1.29 is 0 Å². The lowest BCUT2D eigenvalue weighted by molar-refractivity contribution is 0.687. The molecule has 18 heavy (non-hydrogen) atoms. The van der Waals surface area contributed by atoms with Crippen LogP contribution in [0.4, 0.5) is 0 Å². The highest BCUT2D eigenvalue weighted by atomic mass is 32.2. The summed E-state index contributed by atoms with van der Waals surface area (Å²) < 4.78 is 0. The number of nitrogens with one attached hydrogen (secondary N) is 1. The van der Waals surface area contributed by atoms with E-state index in [4.69, 9.17) is 0 Å². The van der Waals surface area contributed by atoms with E-state index in [0.717, 1.165) is 22.8 Å². The van der Waals surface area contributed by atoms with Crippen molar-refractivity contribution in [2.45, 2.75) is 50.1 Å². The van der Waals surface area contributed by atoms with E-state index < -0.39 is 0 Å². The van der Waals surface area contributed by atoms with Gasteiger partial charge in [-0.1, -0.05) is 19.4 Å². The minimum Gasteiger partial charge on any atom is -0.310 e. The van der Waals surface area contributed by atoms with E-state index in [1.165, 1.54) is 31.2 Å². The van der Waals surface area contributed by atoms with E-state index in [0.29, 0.717) is 6.04 Å². The molecule has 1 aromatic rings. The van der Waals surface area contributed by atoms with E-state index in [1.807, 2.05) is 6.07 Å². The number of unbranched alkanes of at least 4 members (excludes halogenated alkanes) is 1. The summed E-state index contributed by atoms with van der Waals surface area (Å²) in [5, 5.41) is 12.7. The Morgan fingerprint density at radius 3 is 2.94 bits per heavy atom. The van der Waals surface area contributed by atoms with E-state index in [-0.39, 0.29) is 0 Å². The average molecular weight is 260 g/mol. The van der Waals surface area contributed by atoms with Crippen LogP contribution < -0.4 is 5.32 Å². The molecule has 0 spiro atoms. The monoisotopic (exact) mass is 260 g/mol. The minimum atomic E-state index is 0.717. The van der Waals surface area contributed by atoms with Gasteiger partial charge in [-0.3, -0.25) is 0 Å². The van der Waals surface area contributed by atoms with Gasteiger partial charge in [-0.25, -0.2) is 0 Å². The number of nitriles is 1. The molecule has 1 aliphatic carbocycles. The molecule has 0 aliphatic heterocycles. The Morgan fingerprint density at radius 1 is 1.44 bits per heavy atom. The third-order valence-electron chi connectivity index (χ3n) is 3.09. The van der Waals surface area contributed by atoms with Crippen LogP contribution in [0.5, 0.6) is 0 Å². The third kappa shape index (κ3) is 4.04. The van der Waals surface area contributed by atoms with Gasteiger partial charge in [-0.2, -0.15) is 5.26 Å². The number of hydrogen-bond donors (Lipinski definition) is 1. The Labute approximate surface area is 114 Å². The molecular weight excluding hydrogens is 240 g/mol. The van der Waals surface area contributed by atoms with Gasteiger partial charge in [0.2, 0.25) is 0 Å². The molecule has 0 atom stereocenters. The van der Waals surface area contributed by atoms with Gasteiger partial charge in [0.1, 0.15) is 6.07 Å². The second-order valence-electron chi connectivity index (χ2n) is 4.80. The standard InChI is InChI=1S/C15H20N2S/c1-2-3-8-18-15-7-4-12(9-13(15)10-16)11-17-14-5-6-14/h4,7,9,14,17H,2-3,5-6,8,11H2,1H3. The van der Waals surface area contributed by atoms with Gasteiger partial charge in [-0.15, -0.1) is 11.8 Å². The fourth-order valence-corrected chi connectivity index (χ4v) is 2.85. The lowest BCUT2D eigenvalue weighted by Crippen LogP contribution is -2.15. The molecule has 1 fully saturated rings. The lowest BCUT2D eigenvalue weighted by atomic mass is 10.1. The molecule has 0 aromatic heterocycles. The summed E-state index contributed by atoms with van der Waals surface area (Å²) in [5.74, 6) is 1.10. The maximum absolute atomic E-state index is 9.21. The topological polar surface area (TPSA) is 35.8 Å². The molecule has 1 aromatic carbocycles. The highest BCUT2D eigenvalue weighted by molar-refractivity contribution is 7.99. The molecule has 1 aliphatic rings. The van der Waals surface area contributed by atoms with Crippen molar-refractivity contribution in [1.82, 2.24) is 5.32 Å². The normalized spacial score (nSPS) is 14.4. The number of thioether (sulfide) groups is 1. The van der Waals surface area contributed by atoms with Gasteiger partial charge in [0.15, 0.2) is 0 Å². The minimum absolute atomic E-state index is 0.717. The summed E-state index contributed by atoms with van der Waals surface area (Å²) in [7, 11) is 0. The van der Waals surface area contributed by atoms with Gasteiger partial charge >= 0.3 is 0 Å². The summed E-state index contributed by atoms with van der Waals surface area (Å²) in [5.41, 5.74) is 2.05. The van der Waals surface area contributed by atoms with Crippen molar-refractivity contribution in [1.29, 1.82) is 5.26 Å². The first-order valence-electron chi connectivity index (χ1n) is 6.72. The average Bonchev–Trinajstić information content (AvgIpc) is 3.21. The number of benzene rings is 1. The van der Waals surface area contributed by atoms with E-state index in [9.17, 15) is 5.26 Å². The molecule has 0 heterocycles. The largest absolute Gasteiger partial charge is 0.310 e. The molecular formula is C15H20N2S. The maximum atomic E-state index is 9.21. The molecule has 0 radical (unpaired) electrons. The predicted octanol–water partition coefficient (Wildman–Crippen LogP) is 3.70. The van der Waals surface area contributed by atoms with Crippen LogP contribution in [-0.4, -0.2) is 11.8 Å². The lowest BCUT2D eigenvalue weighted by Gasteiger charge is -2.07. The summed E-state index contributed by atoms with van der Waals surface area (Å²) in [6.07, 6.45) is 5.02. The molecule has 1 N–H and O–H groups in total. The number of rotatable bonds is 7. The smallest absolute Gasteiger partial charge is 0.100 e. The van der Waals surface area contributed by atoms with Crippen molar-refractivity contribution in [2.75, 3.05) is 5.75 Å². The molecule has 2 rings (SSSR count). The first-order valence-corrected chi connectivity index (χ1v) is 7.71. The Morgan fingerprint density at radius 2 is 2.28 bits per heavy atom. The zero-order valence-corrected chi connectivity index (χ0v) is 11.7.